The van der Waals surface area contributed by atoms with E-state index >= 15 is 0 Å². The van der Waals surface area contributed by atoms with Gasteiger partial charge in [-0.1, -0.05) is 12.1 Å². The van der Waals surface area contributed by atoms with Crippen LogP contribution in [0.3, 0.4) is 0 Å². The molecule has 9 heteroatoms. The fraction of sp³-hybridized carbons (Fsp3) is 0.118. The number of carbonyl (C=O) groups is 1. The van der Waals surface area contributed by atoms with Crippen molar-refractivity contribution >= 4 is 17.7 Å². The van der Waals surface area contributed by atoms with E-state index in [0.29, 0.717) is 17.7 Å². The van der Waals surface area contributed by atoms with E-state index < -0.39 is 40.9 Å². The molecule has 0 unspecified atom stereocenters. The van der Waals surface area contributed by atoms with Crippen molar-refractivity contribution in [1.82, 2.24) is 0 Å². The molecule has 0 saturated carbocycles. The molecule has 0 fully saturated rings. The Kier molecular flexibility index (Phi) is 5.38. The molecule has 0 bridgehead atoms. The molecule has 0 aliphatic carbocycles. The third-order valence-corrected chi connectivity index (χ3v) is 3.15. The van der Waals surface area contributed by atoms with Gasteiger partial charge in [0.2, 0.25) is 5.91 Å². The first-order valence-electron chi connectivity index (χ1n) is 6.99. The SMILES string of the molecule is O=C(/C=C/c1ccc(F)cc1)Nc1cc(C(F)(F)F)cc(C(F)(F)F)c1. The van der Waals surface area contributed by atoms with E-state index in [-0.39, 0.29) is 6.07 Å². The van der Waals surface area contributed by atoms with Crippen molar-refractivity contribution in [2.24, 2.45) is 0 Å². The second kappa shape index (κ2) is 7.19. The van der Waals surface area contributed by atoms with E-state index in [4.69, 9.17) is 0 Å². The molecule has 0 spiro atoms. The Hall–Kier alpha value is -2.84. The zero-order valence-corrected chi connectivity index (χ0v) is 12.8. The number of nitrogens with one attached hydrogen (secondary N) is 1. The minimum atomic E-state index is -5.01. The molecule has 2 aromatic rings. The summed E-state index contributed by atoms with van der Waals surface area (Å²) in [6, 6.07) is 5.69. The van der Waals surface area contributed by atoms with Crippen LogP contribution in [0.25, 0.3) is 6.08 Å². The van der Waals surface area contributed by atoms with Crippen molar-refractivity contribution in [3.05, 3.63) is 71.0 Å². The zero-order chi connectivity index (χ0) is 19.5. The number of rotatable bonds is 3. The number of hydrogen-bond acceptors (Lipinski definition) is 1. The molecule has 0 saturated heterocycles. The molecule has 0 atom stereocenters. The first-order chi connectivity index (χ1) is 11.9. The maximum atomic E-state index is 12.8. The summed E-state index contributed by atoms with van der Waals surface area (Å²) in [6.45, 7) is 0. The highest BCUT2D eigenvalue weighted by Crippen LogP contribution is 2.37. The molecule has 1 amide bonds. The number of hydrogen-bond donors (Lipinski definition) is 1. The van der Waals surface area contributed by atoms with Gasteiger partial charge in [0, 0.05) is 11.8 Å². The van der Waals surface area contributed by atoms with Gasteiger partial charge in [-0.05, 0) is 42.0 Å². The Labute approximate surface area is 142 Å². The molecule has 26 heavy (non-hydrogen) atoms. The fourth-order valence-corrected chi connectivity index (χ4v) is 1.96. The van der Waals surface area contributed by atoms with Gasteiger partial charge in [0.15, 0.2) is 0 Å². The van der Waals surface area contributed by atoms with Gasteiger partial charge in [0.05, 0.1) is 11.1 Å². The van der Waals surface area contributed by atoms with Crippen LogP contribution >= 0.6 is 0 Å². The third kappa shape index (κ3) is 5.33. The summed E-state index contributed by atoms with van der Waals surface area (Å²) in [7, 11) is 0. The van der Waals surface area contributed by atoms with Gasteiger partial charge in [-0.25, -0.2) is 4.39 Å². The van der Waals surface area contributed by atoms with Crippen LogP contribution < -0.4 is 5.32 Å². The largest absolute Gasteiger partial charge is 0.416 e. The molecule has 0 aliphatic rings. The quantitative estimate of drug-likeness (QED) is 0.554. The van der Waals surface area contributed by atoms with Gasteiger partial charge >= 0.3 is 12.4 Å². The van der Waals surface area contributed by atoms with Crippen LogP contribution in [0.1, 0.15) is 16.7 Å². The van der Waals surface area contributed by atoms with Crippen molar-refractivity contribution in [2.45, 2.75) is 12.4 Å². The predicted octanol–water partition coefficient (Wildman–Crippen LogP) is 5.52. The minimum absolute atomic E-state index is 0.0377. The second-order valence-corrected chi connectivity index (χ2v) is 5.17. The van der Waals surface area contributed by atoms with Crippen LogP contribution in [0.4, 0.5) is 36.4 Å². The van der Waals surface area contributed by atoms with Gasteiger partial charge in [-0.2, -0.15) is 26.3 Å². The molecule has 138 valence electrons. The van der Waals surface area contributed by atoms with Crippen LogP contribution in [0.2, 0.25) is 0 Å². The Morgan fingerprint density at radius 3 is 1.81 bits per heavy atom. The molecular formula is C17H10F7NO. The van der Waals surface area contributed by atoms with Crippen molar-refractivity contribution in [2.75, 3.05) is 5.32 Å². The van der Waals surface area contributed by atoms with Crippen molar-refractivity contribution in [3.63, 3.8) is 0 Å². The summed E-state index contributed by atoms with van der Waals surface area (Å²) in [6.07, 6.45) is -7.89. The van der Waals surface area contributed by atoms with Gasteiger partial charge in [0.1, 0.15) is 5.82 Å². The smallest absolute Gasteiger partial charge is 0.322 e. The van der Waals surface area contributed by atoms with E-state index in [1.807, 2.05) is 5.32 Å². The molecule has 0 aliphatic heterocycles. The molecule has 1 N–H and O–H groups in total. The Morgan fingerprint density at radius 2 is 1.35 bits per heavy atom. The maximum absolute atomic E-state index is 12.8. The standard InChI is InChI=1S/C17H10F7NO/c18-13-4-1-10(2-5-13)3-6-15(26)25-14-8-11(16(19,20)21)7-12(9-14)17(22,23)24/h1-9H,(H,25,26)/b6-3+. The number of benzene rings is 2. The van der Waals surface area contributed by atoms with E-state index in [2.05, 4.69) is 0 Å². The van der Waals surface area contributed by atoms with Crippen LogP contribution in [0.15, 0.2) is 48.5 Å². The second-order valence-electron chi connectivity index (χ2n) is 5.17. The predicted molar refractivity (Wildman–Crippen MR) is 80.5 cm³/mol. The average molecular weight is 377 g/mol. The van der Waals surface area contributed by atoms with E-state index in [1.54, 1.807) is 0 Å². The monoisotopic (exact) mass is 377 g/mol. The summed E-state index contributed by atoms with van der Waals surface area (Å²) < 4.78 is 89.3. The average Bonchev–Trinajstić information content (AvgIpc) is 2.52. The molecule has 0 heterocycles. The van der Waals surface area contributed by atoms with Gasteiger partial charge in [-0.3, -0.25) is 4.79 Å². The minimum Gasteiger partial charge on any atom is -0.322 e. The van der Waals surface area contributed by atoms with Crippen LogP contribution in [-0.4, -0.2) is 5.91 Å². The molecule has 0 aromatic heterocycles. The van der Waals surface area contributed by atoms with Crippen LogP contribution in [0, 0.1) is 5.82 Å². The number of carbonyl (C=O) groups excluding carboxylic acids is 1. The number of anilines is 1. The van der Waals surface area contributed by atoms with E-state index in [0.717, 1.165) is 18.2 Å². The first kappa shape index (κ1) is 19.5. The number of alkyl halides is 6. The normalized spacial score (nSPS) is 12.4. The lowest BCUT2D eigenvalue weighted by atomic mass is 10.1. The van der Waals surface area contributed by atoms with Gasteiger partial charge in [-0.15, -0.1) is 0 Å². The maximum Gasteiger partial charge on any atom is 0.416 e. The van der Waals surface area contributed by atoms with Crippen LogP contribution in [-0.2, 0) is 17.1 Å². The van der Waals surface area contributed by atoms with E-state index in [1.165, 1.54) is 18.2 Å². The van der Waals surface area contributed by atoms with Crippen molar-refractivity contribution in [3.8, 4) is 0 Å². The Balaban J connectivity index is 2.24. The molecule has 2 aromatic carbocycles. The molecule has 0 radical (unpaired) electrons. The number of halogens is 7. The lowest BCUT2D eigenvalue weighted by Gasteiger charge is -2.14. The van der Waals surface area contributed by atoms with Gasteiger partial charge in [0.25, 0.3) is 0 Å². The third-order valence-electron chi connectivity index (χ3n) is 3.15. The Bertz CT molecular complexity index is 788. The Morgan fingerprint density at radius 1 is 0.846 bits per heavy atom. The van der Waals surface area contributed by atoms with Crippen molar-refractivity contribution < 1.29 is 35.5 Å². The van der Waals surface area contributed by atoms with E-state index in [9.17, 15) is 35.5 Å². The first-order valence-corrected chi connectivity index (χ1v) is 6.99. The summed E-state index contributed by atoms with van der Waals surface area (Å²) in [5, 5.41) is 1.95. The topological polar surface area (TPSA) is 29.1 Å². The highest BCUT2D eigenvalue weighted by molar-refractivity contribution is 6.02. The zero-order valence-electron chi connectivity index (χ0n) is 12.8. The van der Waals surface area contributed by atoms with Crippen molar-refractivity contribution in [1.29, 1.82) is 0 Å². The molecule has 2 nitrogen and oxygen atoms in total. The molecular weight excluding hydrogens is 367 g/mol. The summed E-state index contributed by atoms with van der Waals surface area (Å²) in [5.41, 5.74) is -3.31. The lowest BCUT2D eigenvalue weighted by Crippen LogP contribution is -2.14. The lowest BCUT2D eigenvalue weighted by molar-refractivity contribution is -0.143. The van der Waals surface area contributed by atoms with Gasteiger partial charge < -0.3 is 5.32 Å². The highest BCUT2D eigenvalue weighted by Gasteiger charge is 2.37. The van der Waals surface area contributed by atoms with Crippen LogP contribution in [0.5, 0.6) is 0 Å². The summed E-state index contributed by atoms with van der Waals surface area (Å²) in [5.74, 6) is -1.45. The fourth-order valence-electron chi connectivity index (χ4n) is 1.96. The highest BCUT2D eigenvalue weighted by atomic mass is 19.4. The number of amides is 1. The summed E-state index contributed by atoms with van der Waals surface area (Å²) in [4.78, 5) is 11.7. The summed E-state index contributed by atoms with van der Waals surface area (Å²) >= 11 is 0. The molecule has 2 rings (SSSR count).